The Balaban J connectivity index is 0.000000121. The van der Waals surface area contributed by atoms with Crippen molar-refractivity contribution in [2.75, 3.05) is 0 Å². The van der Waals surface area contributed by atoms with Crippen LogP contribution < -0.4 is 0 Å². The fourth-order valence-corrected chi connectivity index (χ4v) is 20.2. The van der Waals surface area contributed by atoms with Gasteiger partial charge in [-0.2, -0.15) is 0 Å². The monoisotopic (exact) mass is 1870 g/mol. The minimum Gasteiger partial charge on any atom is -0.0622 e. The maximum Gasteiger partial charge on any atom is -0.0105 e. The van der Waals surface area contributed by atoms with Crippen LogP contribution in [0.3, 0.4) is 0 Å². The molecule has 0 aliphatic carbocycles. The molecule has 0 amide bonds. The van der Waals surface area contributed by atoms with Crippen LogP contribution in [0.2, 0.25) is 0 Å². The maximum atomic E-state index is 2.38. The van der Waals surface area contributed by atoms with Crippen LogP contribution in [-0.4, -0.2) is 0 Å². The van der Waals surface area contributed by atoms with Gasteiger partial charge in [-0.3, -0.25) is 0 Å². The zero-order valence-electron chi connectivity index (χ0n) is 84.1. The highest BCUT2D eigenvalue weighted by atomic mass is 14.2. The van der Waals surface area contributed by atoms with Crippen molar-refractivity contribution in [3.8, 4) is 211 Å². The van der Waals surface area contributed by atoms with Crippen LogP contribution in [0.5, 0.6) is 0 Å². The summed E-state index contributed by atoms with van der Waals surface area (Å²) in [6, 6.07) is 202. The molecule has 0 bridgehead atoms. The van der Waals surface area contributed by atoms with Gasteiger partial charge in [0.05, 0.1) is 0 Å². The molecule has 0 saturated carbocycles. The molecule has 0 aromatic heterocycles. The van der Waals surface area contributed by atoms with Gasteiger partial charge in [0.2, 0.25) is 0 Å². The van der Waals surface area contributed by atoms with E-state index in [4.69, 9.17) is 0 Å². The number of hydrogen-bond donors (Lipinski definition) is 0. The summed E-state index contributed by atoms with van der Waals surface area (Å²) >= 11 is 0. The molecule has 700 valence electrons. The van der Waals surface area contributed by atoms with Crippen LogP contribution in [-0.2, 0) is 0 Å². The van der Waals surface area contributed by atoms with Crippen LogP contribution in [0.1, 0.15) is 44.5 Å². The second-order valence-corrected chi connectivity index (χ2v) is 38.3. The lowest BCUT2D eigenvalue weighted by atomic mass is 9.88. The van der Waals surface area contributed by atoms with Crippen molar-refractivity contribution in [2.45, 2.75) is 55.4 Å². The van der Waals surface area contributed by atoms with Gasteiger partial charge in [-0.25, -0.2) is 0 Å². The molecule has 0 unspecified atom stereocenters. The van der Waals surface area contributed by atoms with Crippen LogP contribution in [0, 0.1) is 55.4 Å². The third-order valence-corrected chi connectivity index (χ3v) is 28.0. The summed E-state index contributed by atoms with van der Waals surface area (Å²) < 4.78 is 0. The normalized spacial score (nSPS) is 10.9. The molecule has 23 aromatic rings. The summed E-state index contributed by atoms with van der Waals surface area (Å²) in [5, 5.41) is 0. The number of aryl methyl sites for hydroxylation is 8. The van der Waals surface area contributed by atoms with Gasteiger partial charge in [0.1, 0.15) is 0 Å². The minimum absolute atomic E-state index is 1.19. The van der Waals surface area contributed by atoms with Crippen molar-refractivity contribution >= 4 is 0 Å². The molecular formula is C146H116. The molecule has 0 spiro atoms. The summed E-state index contributed by atoms with van der Waals surface area (Å²) in [4.78, 5) is 0. The molecule has 0 aliphatic heterocycles. The predicted octanol–water partition coefficient (Wildman–Crippen LogP) is 40.9. The first-order valence-electron chi connectivity index (χ1n) is 50.7. The second-order valence-electron chi connectivity index (χ2n) is 38.3. The first-order chi connectivity index (χ1) is 71.6. The van der Waals surface area contributed by atoms with Gasteiger partial charge in [0.25, 0.3) is 0 Å². The largest absolute Gasteiger partial charge is 0.0622 e. The molecule has 146 heavy (non-hydrogen) atoms. The van der Waals surface area contributed by atoms with Crippen molar-refractivity contribution in [1.29, 1.82) is 0 Å². The van der Waals surface area contributed by atoms with E-state index >= 15 is 0 Å². The number of benzene rings is 23. The summed E-state index contributed by atoms with van der Waals surface area (Å²) in [5.74, 6) is 0. The van der Waals surface area contributed by atoms with E-state index in [0.717, 1.165) is 0 Å². The highest BCUT2D eigenvalue weighted by molar-refractivity contribution is 5.92. The Hall–Kier alpha value is -17.9. The molecule has 0 saturated heterocycles. The minimum atomic E-state index is 1.19. The SMILES string of the molecule is Cc1cccc(-c2cc(-c3ccccc3)cc(-c3cc(-c4ccccc4)cc(-c4cc(-c5ccccc5)cc(-c5cccc(C)c5)c4)c3)c2)c1.Cc1ccccc1-c1cccc(-c2ccc(-c3cccc(-c4ccccc4C)c3)cc2)c1.Cc1ccccc1-c1cccc(-c2cccc(-c3cccc(-c4ccccc4C)c3)c2)c1.Cc1ccccc1-c1cccc(-c2ccccc2-c2cccc(-c3ccccc3C)c2)c1. The molecule has 23 aromatic carbocycles. The Morgan fingerprint density at radius 2 is 0.199 bits per heavy atom. The van der Waals surface area contributed by atoms with E-state index in [2.05, 4.69) is 613 Å². The van der Waals surface area contributed by atoms with Crippen LogP contribution >= 0.6 is 0 Å². The van der Waals surface area contributed by atoms with Crippen molar-refractivity contribution in [1.82, 2.24) is 0 Å². The molecule has 23 rings (SSSR count). The van der Waals surface area contributed by atoms with E-state index in [-0.39, 0.29) is 0 Å². The predicted molar refractivity (Wildman–Crippen MR) is 627 cm³/mol. The van der Waals surface area contributed by atoms with E-state index in [1.165, 1.54) is 256 Å². The van der Waals surface area contributed by atoms with Gasteiger partial charge < -0.3 is 0 Å². The molecule has 0 heteroatoms. The molecular weight excluding hydrogens is 1750 g/mol. The molecule has 0 fully saturated rings. The van der Waals surface area contributed by atoms with Crippen LogP contribution in [0.4, 0.5) is 0 Å². The molecule has 0 heterocycles. The lowest BCUT2D eigenvalue weighted by Crippen LogP contribution is -1.90. The third kappa shape index (κ3) is 22.6. The van der Waals surface area contributed by atoms with Crippen LogP contribution in [0.25, 0.3) is 211 Å². The standard InChI is InChI=1S/C50H38.3C32H26/c1-35-14-12-22-40(24-35)45-26-42(37-16-6-3-7-17-37)28-47(32-45)49-30-44(39-20-10-5-11-21-39)31-50(34-49)48-29-43(38-18-8-4-9-19-38)27-46(33-48)41-23-13-15-36(2)25-41;1-23-10-3-5-18-31(23)29-16-8-14-27(21-29)25-12-7-13-26(20-25)28-15-9-17-30(22-28)32-19-6-4-11-24(32)2;1-23-9-3-5-15-31(23)29-13-7-11-27(21-29)25-17-19-26(20-18-25)28-12-8-14-30(22-28)32-16-6-4-10-24(32)2;1-23-11-3-5-17-29(23)25-13-9-15-27(21-25)31-19-7-8-20-32(31)28-16-10-14-26(22-28)30-18-6-4-12-24(30)2/h3-34H,1-2H3;3*3-22H,1-2H3. The van der Waals surface area contributed by atoms with Crippen LogP contribution in [0.15, 0.2) is 558 Å². The van der Waals surface area contributed by atoms with Gasteiger partial charge in [-0.15, -0.1) is 0 Å². The van der Waals surface area contributed by atoms with Gasteiger partial charge in [0, 0.05) is 0 Å². The van der Waals surface area contributed by atoms with E-state index in [0.29, 0.717) is 0 Å². The highest BCUT2D eigenvalue weighted by Crippen LogP contribution is 2.45. The highest BCUT2D eigenvalue weighted by Gasteiger charge is 2.19. The Kier molecular flexibility index (Phi) is 29.4. The van der Waals surface area contributed by atoms with E-state index in [9.17, 15) is 0 Å². The van der Waals surface area contributed by atoms with Gasteiger partial charge in [0.15, 0.2) is 0 Å². The average Bonchev–Trinajstić information content (AvgIpc) is 0.771. The summed E-state index contributed by atoms with van der Waals surface area (Å²) in [6.07, 6.45) is 0. The average molecular weight is 1870 g/mol. The Morgan fingerprint density at radius 1 is 0.0753 bits per heavy atom. The molecule has 0 atom stereocenters. The molecule has 0 nitrogen and oxygen atoms in total. The molecule has 0 aliphatic rings. The smallest absolute Gasteiger partial charge is 0.0105 e. The zero-order valence-corrected chi connectivity index (χ0v) is 84.1. The fourth-order valence-electron chi connectivity index (χ4n) is 20.2. The van der Waals surface area contributed by atoms with Gasteiger partial charge in [-0.1, -0.05) is 472 Å². The number of rotatable bonds is 19. The molecule has 0 radical (unpaired) electrons. The van der Waals surface area contributed by atoms with Crippen molar-refractivity contribution < 1.29 is 0 Å². The summed E-state index contributed by atoms with van der Waals surface area (Å²) in [7, 11) is 0. The topological polar surface area (TPSA) is 0 Å². The van der Waals surface area contributed by atoms with Crippen molar-refractivity contribution in [3.05, 3.63) is 603 Å². The lowest BCUT2D eigenvalue weighted by Gasteiger charge is -2.16. The zero-order chi connectivity index (χ0) is 99.6. The van der Waals surface area contributed by atoms with Gasteiger partial charge >= 0.3 is 0 Å². The molecule has 0 N–H and O–H groups in total. The second kappa shape index (κ2) is 44.9. The van der Waals surface area contributed by atoms with E-state index in [1.54, 1.807) is 0 Å². The first kappa shape index (κ1) is 95.6. The fraction of sp³-hybridized carbons (Fsp3) is 0.0548. The Labute approximate surface area is 863 Å². The Bertz CT molecular complexity index is 8070. The number of hydrogen-bond acceptors (Lipinski definition) is 0. The van der Waals surface area contributed by atoms with Crippen molar-refractivity contribution in [3.63, 3.8) is 0 Å². The van der Waals surface area contributed by atoms with Gasteiger partial charge in [-0.05, 0) is 397 Å². The quantitative estimate of drug-likeness (QED) is 0.0757. The van der Waals surface area contributed by atoms with Crippen molar-refractivity contribution in [2.24, 2.45) is 0 Å². The third-order valence-electron chi connectivity index (χ3n) is 28.0. The Morgan fingerprint density at radius 3 is 0.411 bits per heavy atom. The van der Waals surface area contributed by atoms with E-state index in [1.807, 2.05) is 0 Å². The maximum absolute atomic E-state index is 2.38. The first-order valence-corrected chi connectivity index (χ1v) is 50.7. The summed E-state index contributed by atoms with van der Waals surface area (Å²) in [5.41, 5.74) is 57.3. The van der Waals surface area contributed by atoms with E-state index < -0.39 is 0 Å². The summed E-state index contributed by atoms with van der Waals surface area (Å²) in [6.45, 7) is 17.4. The lowest BCUT2D eigenvalue weighted by molar-refractivity contribution is 1.45.